The Morgan fingerprint density at radius 3 is 2.40 bits per heavy atom. The predicted octanol–water partition coefficient (Wildman–Crippen LogP) is 6.67. The van der Waals surface area contributed by atoms with E-state index in [4.69, 9.17) is 26.2 Å². The Kier molecular flexibility index (Phi) is 6.97. The smallest absolute Gasteiger partial charge is 0.416 e. The molecule has 0 saturated heterocycles. The molecule has 0 unspecified atom stereocenters. The van der Waals surface area contributed by atoms with Gasteiger partial charge in [0.2, 0.25) is 0 Å². The standard InChI is InChI=1S/C25H20ClF3N4O2/c1-34-22-11-8-16(12-23(22)35-2)24-17(15-33(32-24)19-6-4-3-5-7-19)14-30-31-21-13-18(25(27,28)29)9-10-20(21)26/h3-15,31H,1-2H3/b30-14-. The van der Waals surface area contributed by atoms with E-state index in [0.29, 0.717) is 22.8 Å². The molecular formula is C25H20ClF3N4O2. The second-order valence-electron chi connectivity index (χ2n) is 7.35. The number of halogens is 4. The summed E-state index contributed by atoms with van der Waals surface area (Å²) in [6, 6.07) is 17.8. The second kappa shape index (κ2) is 10.1. The minimum absolute atomic E-state index is 0.0286. The van der Waals surface area contributed by atoms with E-state index in [1.54, 1.807) is 30.1 Å². The third kappa shape index (κ3) is 5.41. The number of alkyl halides is 3. The van der Waals surface area contributed by atoms with Crippen molar-refractivity contribution < 1.29 is 22.6 Å². The number of aromatic nitrogens is 2. The average Bonchev–Trinajstić information content (AvgIpc) is 3.28. The fraction of sp³-hybridized carbons (Fsp3) is 0.120. The van der Waals surface area contributed by atoms with Crippen LogP contribution in [0.1, 0.15) is 11.1 Å². The van der Waals surface area contributed by atoms with Crippen LogP contribution in [0.2, 0.25) is 5.02 Å². The monoisotopic (exact) mass is 500 g/mol. The van der Waals surface area contributed by atoms with Crippen LogP contribution < -0.4 is 14.9 Å². The summed E-state index contributed by atoms with van der Waals surface area (Å²) in [4.78, 5) is 0. The maximum Gasteiger partial charge on any atom is 0.416 e. The number of rotatable bonds is 7. The first-order valence-corrected chi connectivity index (χ1v) is 10.7. The largest absolute Gasteiger partial charge is 0.493 e. The Balaban J connectivity index is 1.72. The van der Waals surface area contributed by atoms with Crippen molar-refractivity contribution in [2.24, 2.45) is 5.10 Å². The SMILES string of the molecule is COc1ccc(-c2nn(-c3ccccc3)cc2/C=N\Nc2cc(C(F)(F)F)ccc2Cl)cc1OC. The molecule has 10 heteroatoms. The molecule has 1 N–H and O–H groups in total. The fourth-order valence-corrected chi connectivity index (χ4v) is 3.52. The first kappa shape index (κ1) is 24.2. The van der Waals surface area contributed by atoms with Crippen LogP contribution in [0, 0.1) is 0 Å². The van der Waals surface area contributed by atoms with Crippen molar-refractivity contribution in [3.8, 4) is 28.4 Å². The Morgan fingerprint density at radius 1 is 0.971 bits per heavy atom. The summed E-state index contributed by atoms with van der Waals surface area (Å²) in [5.74, 6) is 1.09. The van der Waals surface area contributed by atoms with Crippen LogP contribution in [0.5, 0.6) is 11.5 Å². The van der Waals surface area contributed by atoms with E-state index in [2.05, 4.69) is 10.5 Å². The van der Waals surface area contributed by atoms with Gasteiger partial charge in [-0.2, -0.15) is 23.4 Å². The summed E-state index contributed by atoms with van der Waals surface area (Å²) in [7, 11) is 3.08. The van der Waals surface area contributed by atoms with Crippen LogP contribution in [0.25, 0.3) is 16.9 Å². The summed E-state index contributed by atoms with van der Waals surface area (Å²) in [6.45, 7) is 0. The summed E-state index contributed by atoms with van der Waals surface area (Å²) in [5, 5.41) is 8.93. The number of ether oxygens (including phenoxy) is 2. The minimum atomic E-state index is -4.50. The van der Waals surface area contributed by atoms with Crippen molar-refractivity contribution >= 4 is 23.5 Å². The van der Waals surface area contributed by atoms with Crippen LogP contribution in [-0.4, -0.2) is 30.2 Å². The van der Waals surface area contributed by atoms with E-state index in [1.807, 2.05) is 36.4 Å². The lowest BCUT2D eigenvalue weighted by Crippen LogP contribution is -2.05. The molecular weight excluding hydrogens is 481 g/mol. The highest BCUT2D eigenvalue weighted by Gasteiger charge is 2.31. The van der Waals surface area contributed by atoms with Crippen LogP contribution in [-0.2, 0) is 6.18 Å². The Labute approximate surface area is 204 Å². The Bertz CT molecular complexity index is 1350. The molecule has 4 aromatic rings. The van der Waals surface area contributed by atoms with E-state index >= 15 is 0 Å². The molecule has 0 spiro atoms. The molecule has 0 amide bonds. The van der Waals surface area contributed by atoms with Crippen LogP contribution in [0.4, 0.5) is 18.9 Å². The van der Waals surface area contributed by atoms with Crippen molar-refractivity contribution in [3.05, 3.63) is 89.1 Å². The first-order chi connectivity index (χ1) is 16.8. The van der Waals surface area contributed by atoms with Crippen LogP contribution in [0.3, 0.4) is 0 Å². The topological polar surface area (TPSA) is 60.7 Å². The molecule has 0 bridgehead atoms. The molecule has 6 nitrogen and oxygen atoms in total. The molecule has 35 heavy (non-hydrogen) atoms. The van der Waals surface area contributed by atoms with Crippen molar-refractivity contribution in [1.29, 1.82) is 0 Å². The van der Waals surface area contributed by atoms with Gasteiger partial charge in [-0.05, 0) is 48.5 Å². The van der Waals surface area contributed by atoms with Gasteiger partial charge in [-0.25, -0.2) is 4.68 Å². The van der Waals surface area contributed by atoms with E-state index in [-0.39, 0.29) is 10.7 Å². The molecule has 1 heterocycles. The van der Waals surface area contributed by atoms with E-state index in [0.717, 1.165) is 23.4 Å². The number of hydrogen-bond donors (Lipinski definition) is 1. The number of hydrogen-bond acceptors (Lipinski definition) is 5. The molecule has 180 valence electrons. The molecule has 0 fully saturated rings. The number of nitrogens with zero attached hydrogens (tertiary/aromatic N) is 3. The van der Waals surface area contributed by atoms with Crippen molar-refractivity contribution in [2.75, 3.05) is 19.6 Å². The highest BCUT2D eigenvalue weighted by atomic mass is 35.5. The predicted molar refractivity (Wildman–Crippen MR) is 130 cm³/mol. The summed E-state index contributed by atoms with van der Waals surface area (Å²) < 4.78 is 51.6. The van der Waals surface area contributed by atoms with Gasteiger partial charge in [-0.1, -0.05) is 29.8 Å². The molecule has 0 aliphatic rings. The Hall–Kier alpha value is -3.98. The van der Waals surface area contributed by atoms with E-state index in [1.165, 1.54) is 19.4 Å². The van der Waals surface area contributed by atoms with Crippen LogP contribution >= 0.6 is 11.6 Å². The van der Waals surface area contributed by atoms with Crippen molar-refractivity contribution in [2.45, 2.75) is 6.18 Å². The molecule has 1 aromatic heterocycles. The molecule has 0 aliphatic heterocycles. The number of benzene rings is 3. The fourth-order valence-electron chi connectivity index (χ4n) is 3.36. The van der Waals surface area contributed by atoms with Gasteiger partial charge in [0.15, 0.2) is 11.5 Å². The van der Waals surface area contributed by atoms with Gasteiger partial charge in [-0.3, -0.25) is 5.43 Å². The van der Waals surface area contributed by atoms with Crippen LogP contribution in [0.15, 0.2) is 78.0 Å². The molecule has 0 atom stereocenters. The highest BCUT2D eigenvalue weighted by molar-refractivity contribution is 6.33. The second-order valence-corrected chi connectivity index (χ2v) is 7.75. The number of anilines is 1. The van der Waals surface area contributed by atoms with Gasteiger partial charge in [-0.15, -0.1) is 0 Å². The average molecular weight is 501 g/mol. The molecule has 4 rings (SSSR count). The third-order valence-corrected chi connectivity index (χ3v) is 5.43. The van der Waals surface area contributed by atoms with Crippen molar-refractivity contribution in [1.82, 2.24) is 9.78 Å². The zero-order chi connectivity index (χ0) is 25.0. The minimum Gasteiger partial charge on any atom is -0.493 e. The van der Waals surface area contributed by atoms with Gasteiger partial charge in [0, 0.05) is 17.3 Å². The summed E-state index contributed by atoms with van der Waals surface area (Å²) in [6.07, 6.45) is -1.27. The number of hydrazone groups is 1. The summed E-state index contributed by atoms with van der Waals surface area (Å²) >= 11 is 6.06. The van der Waals surface area contributed by atoms with Gasteiger partial charge in [0.25, 0.3) is 0 Å². The zero-order valence-corrected chi connectivity index (χ0v) is 19.4. The molecule has 0 radical (unpaired) electrons. The summed E-state index contributed by atoms with van der Waals surface area (Å²) in [5.41, 5.74) is 4.54. The van der Waals surface area contributed by atoms with Crippen molar-refractivity contribution in [3.63, 3.8) is 0 Å². The number of para-hydroxylation sites is 1. The number of nitrogens with one attached hydrogen (secondary N) is 1. The van der Waals surface area contributed by atoms with Gasteiger partial charge in [0.05, 0.1) is 42.4 Å². The third-order valence-electron chi connectivity index (χ3n) is 5.10. The van der Waals surface area contributed by atoms with E-state index < -0.39 is 11.7 Å². The zero-order valence-electron chi connectivity index (χ0n) is 18.7. The highest BCUT2D eigenvalue weighted by Crippen LogP contribution is 2.35. The quantitative estimate of drug-likeness (QED) is 0.227. The lowest BCUT2D eigenvalue weighted by Gasteiger charge is -2.10. The lowest BCUT2D eigenvalue weighted by molar-refractivity contribution is -0.137. The van der Waals surface area contributed by atoms with E-state index in [9.17, 15) is 13.2 Å². The normalized spacial score (nSPS) is 11.6. The lowest BCUT2D eigenvalue weighted by atomic mass is 10.1. The number of methoxy groups -OCH3 is 2. The van der Waals surface area contributed by atoms with Gasteiger partial charge >= 0.3 is 6.18 Å². The van der Waals surface area contributed by atoms with Gasteiger partial charge < -0.3 is 9.47 Å². The molecule has 3 aromatic carbocycles. The first-order valence-electron chi connectivity index (χ1n) is 10.3. The van der Waals surface area contributed by atoms with Gasteiger partial charge in [0.1, 0.15) is 5.69 Å². The Morgan fingerprint density at radius 2 is 1.71 bits per heavy atom. The molecule has 0 saturated carbocycles. The molecule has 0 aliphatic carbocycles. The maximum absolute atomic E-state index is 13.1. The maximum atomic E-state index is 13.1.